The minimum absolute atomic E-state index is 0.0217. The van der Waals surface area contributed by atoms with Crippen molar-refractivity contribution in [3.63, 3.8) is 0 Å². The second-order valence-corrected chi connectivity index (χ2v) is 7.68. The van der Waals surface area contributed by atoms with Gasteiger partial charge < -0.3 is 15.5 Å². The minimum Gasteiger partial charge on any atom is -0.399 e. The van der Waals surface area contributed by atoms with E-state index in [1.54, 1.807) is 31.2 Å². The number of amides is 2. The zero-order valence-electron chi connectivity index (χ0n) is 17.2. The molecule has 1 aliphatic heterocycles. The van der Waals surface area contributed by atoms with Crippen LogP contribution in [0.1, 0.15) is 42.2 Å². The lowest BCUT2D eigenvalue weighted by atomic mass is 9.89. The average molecular weight is 399 g/mol. The van der Waals surface area contributed by atoms with E-state index in [0.717, 1.165) is 16.9 Å². The van der Waals surface area contributed by atoms with Crippen LogP contribution in [0.5, 0.6) is 0 Å². The van der Waals surface area contributed by atoms with E-state index in [-0.39, 0.29) is 23.9 Å². The molecule has 1 aliphatic rings. The van der Waals surface area contributed by atoms with E-state index < -0.39 is 0 Å². The quantitative estimate of drug-likeness (QED) is 0.643. The van der Waals surface area contributed by atoms with E-state index in [4.69, 9.17) is 5.73 Å². The lowest BCUT2D eigenvalue weighted by Crippen LogP contribution is -2.47. The predicted molar refractivity (Wildman–Crippen MR) is 121 cm³/mol. The zero-order chi connectivity index (χ0) is 21.3. The van der Waals surface area contributed by atoms with Gasteiger partial charge in [-0.3, -0.25) is 9.59 Å². The summed E-state index contributed by atoms with van der Waals surface area (Å²) in [6.07, 6.45) is 0.645. The number of nitrogens with two attached hydrogens (primary N) is 1. The van der Waals surface area contributed by atoms with Gasteiger partial charge in [0.1, 0.15) is 0 Å². The predicted octanol–water partition coefficient (Wildman–Crippen LogP) is 4.80. The molecular formula is C25H25N3O2. The van der Waals surface area contributed by atoms with E-state index in [2.05, 4.69) is 0 Å². The van der Waals surface area contributed by atoms with Crippen LogP contribution in [-0.4, -0.2) is 17.9 Å². The molecule has 0 radical (unpaired) electrons. The maximum absolute atomic E-state index is 13.4. The van der Waals surface area contributed by atoms with Crippen LogP contribution in [0.25, 0.3) is 0 Å². The Kier molecular flexibility index (Phi) is 5.27. The number of anilines is 3. The fourth-order valence-electron chi connectivity index (χ4n) is 4.27. The average Bonchev–Trinajstić information content (AvgIpc) is 2.74. The molecule has 5 nitrogen and oxygen atoms in total. The zero-order valence-corrected chi connectivity index (χ0v) is 17.2. The molecular weight excluding hydrogens is 374 g/mol. The van der Waals surface area contributed by atoms with Gasteiger partial charge in [0, 0.05) is 35.6 Å². The minimum atomic E-state index is -0.147. The number of hydrogen-bond donors (Lipinski definition) is 1. The topological polar surface area (TPSA) is 66.6 Å². The van der Waals surface area contributed by atoms with Gasteiger partial charge in [0.05, 0.1) is 6.04 Å². The maximum Gasteiger partial charge on any atom is 0.258 e. The molecule has 30 heavy (non-hydrogen) atoms. The Morgan fingerprint density at radius 2 is 1.57 bits per heavy atom. The normalized spacial score (nSPS) is 17.9. The van der Waals surface area contributed by atoms with Crippen molar-refractivity contribution in [1.29, 1.82) is 0 Å². The summed E-state index contributed by atoms with van der Waals surface area (Å²) in [4.78, 5) is 29.7. The standard InChI is InChI=1S/C25H25N3O2/c1-17-16-24(28(18(2)29)21-8-4-3-5-9-21)22-10-6-7-11-23(22)27(17)25(30)19-12-14-20(26)15-13-19/h3-15,17,24H,16,26H2,1-2H3. The summed E-state index contributed by atoms with van der Waals surface area (Å²) < 4.78 is 0. The van der Waals surface area contributed by atoms with Crippen molar-refractivity contribution in [3.8, 4) is 0 Å². The molecule has 5 heteroatoms. The fraction of sp³-hybridized carbons (Fsp3) is 0.200. The number of fused-ring (bicyclic) bond motifs is 1. The summed E-state index contributed by atoms with van der Waals surface area (Å²) in [6.45, 7) is 3.62. The number of benzene rings is 3. The Hall–Kier alpha value is -3.60. The van der Waals surface area contributed by atoms with Crippen LogP contribution in [0.4, 0.5) is 17.1 Å². The lowest BCUT2D eigenvalue weighted by molar-refractivity contribution is -0.117. The monoisotopic (exact) mass is 399 g/mol. The number of hydrogen-bond acceptors (Lipinski definition) is 3. The van der Waals surface area contributed by atoms with Crippen LogP contribution in [0, 0.1) is 0 Å². The Balaban J connectivity index is 1.77. The molecule has 0 saturated heterocycles. The second-order valence-electron chi connectivity index (χ2n) is 7.68. The van der Waals surface area contributed by atoms with E-state index in [1.165, 1.54) is 0 Å². The van der Waals surface area contributed by atoms with Crippen LogP contribution in [0.3, 0.4) is 0 Å². The van der Waals surface area contributed by atoms with Crippen LogP contribution < -0.4 is 15.5 Å². The van der Waals surface area contributed by atoms with Gasteiger partial charge >= 0.3 is 0 Å². The van der Waals surface area contributed by atoms with Gasteiger partial charge in [-0.05, 0) is 61.4 Å². The Labute approximate surface area is 176 Å². The number of carbonyl (C=O) groups excluding carboxylic acids is 2. The van der Waals surface area contributed by atoms with E-state index >= 15 is 0 Å². The first-order valence-electron chi connectivity index (χ1n) is 10.1. The molecule has 2 unspecified atom stereocenters. The highest BCUT2D eigenvalue weighted by atomic mass is 16.2. The highest BCUT2D eigenvalue weighted by Crippen LogP contribution is 2.42. The first-order valence-corrected chi connectivity index (χ1v) is 10.1. The fourth-order valence-corrected chi connectivity index (χ4v) is 4.27. The van der Waals surface area contributed by atoms with Crippen LogP contribution in [0.15, 0.2) is 78.9 Å². The van der Waals surface area contributed by atoms with Crippen molar-refractivity contribution in [3.05, 3.63) is 90.0 Å². The van der Waals surface area contributed by atoms with Gasteiger partial charge in [-0.1, -0.05) is 36.4 Å². The van der Waals surface area contributed by atoms with Gasteiger partial charge in [0.15, 0.2) is 0 Å². The number of rotatable bonds is 3. The molecule has 2 atom stereocenters. The third-order valence-corrected chi connectivity index (χ3v) is 5.62. The summed E-state index contributed by atoms with van der Waals surface area (Å²) >= 11 is 0. The Morgan fingerprint density at radius 1 is 0.933 bits per heavy atom. The number of nitrogens with zero attached hydrogens (tertiary/aromatic N) is 2. The largest absolute Gasteiger partial charge is 0.399 e. The van der Waals surface area contributed by atoms with Crippen molar-refractivity contribution >= 4 is 28.9 Å². The summed E-state index contributed by atoms with van der Waals surface area (Å²) in [5.74, 6) is -0.0889. The lowest BCUT2D eigenvalue weighted by Gasteiger charge is -2.43. The van der Waals surface area contributed by atoms with Gasteiger partial charge in [0.2, 0.25) is 5.91 Å². The van der Waals surface area contributed by atoms with E-state index in [9.17, 15) is 9.59 Å². The van der Waals surface area contributed by atoms with Crippen LogP contribution >= 0.6 is 0 Å². The second kappa shape index (κ2) is 8.03. The summed E-state index contributed by atoms with van der Waals surface area (Å²) in [7, 11) is 0. The summed E-state index contributed by atoms with van der Waals surface area (Å²) in [5, 5.41) is 0. The molecule has 2 amide bonds. The van der Waals surface area contributed by atoms with Gasteiger partial charge in [-0.15, -0.1) is 0 Å². The Bertz CT molecular complexity index is 1060. The third-order valence-electron chi connectivity index (χ3n) is 5.62. The molecule has 0 aliphatic carbocycles. The smallest absolute Gasteiger partial charge is 0.258 e. The molecule has 0 bridgehead atoms. The highest BCUT2D eigenvalue weighted by molar-refractivity contribution is 6.07. The first kappa shape index (κ1) is 19.7. The van der Waals surface area contributed by atoms with E-state index in [0.29, 0.717) is 17.7 Å². The van der Waals surface area contributed by atoms with Crippen molar-refractivity contribution in [1.82, 2.24) is 0 Å². The SMILES string of the molecule is CC(=O)N(c1ccccc1)C1CC(C)N(C(=O)c2ccc(N)cc2)c2ccccc21. The molecule has 152 valence electrons. The first-order chi connectivity index (χ1) is 14.5. The van der Waals surface area contributed by atoms with Gasteiger partial charge in [0.25, 0.3) is 5.91 Å². The number of nitrogen functional groups attached to an aromatic ring is 1. The van der Waals surface area contributed by atoms with Gasteiger partial charge in [-0.25, -0.2) is 0 Å². The number of carbonyl (C=O) groups is 2. The molecule has 0 aromatic heterocycles. The van der Waals surface area contributed by atoms with Crippen LogP contribution in [-0.2, 0) is 4.79 Å². The molecule has 4 rings (SSSR count). The van der Waals surface area contributed by atoms with Crippen LogP contribution in [0.2, 0.25) is 0 Å². The number of para-hydroxylation sites is 2. The van der Waals surface area contributed by atoms with Gasteiger partial charge in [-0.2, -0.15) is 0 Å². The van der Waals surface area contributed by atoms with Crippen molar-refractivity contribution in [2.75, 3.05) is 15.5 Å². The Morgan fingerprint density at radius 3 is 2.23 bits per heavy atom. The maximum atomic E-state index is 13.4. The highest BCUT2D eigenvalue weighted by Gasteiger charge is 2.37. The molecule has 1 heterocycles. The van der Waals surface area contributed by atoms with Crippen molar-refractivity contribution < 1.29 is 9.59 Å². The van der Waals surface area contributed by atoms with E-state index in [1.807, 2.05) is 71.3 Å². The molecule has 2 N–H and O–H groups in total. The summed E-state index contributed by atoms with van der Waals surface area (Å²) in [6, 6.07) is 24.3. The molecule has 0 saturated carbocycles. The summed E-state index contributed by atoms with van der Waals surface area (Å²) in [5.41, 5.74) is 9.66. The molecule has 0 spiro atoms. The molecule has 3 aromatic rings. The third kappa shape index (κ3) is 3.54. The molecule has 3 aromatic carbocycles. The van der Waals surface area contributed by atoms with Crippen molar-refractivity contribution in [2.45, 2.75) is 32.4 Å². The molecule has 0 fully saturated rings. The van der Waals surface area contributed by atoms with Crippen molar-refractivity contribution in [2.24, 2.45) is 0 Å².